The van der Waals surface area contributed by atoms with E-state index in [4.69, 9.17) is 9.47 Å². The number of nitrogens with one attached hydrogen (secondary N) is 2. The van der Waals surface area contributed by atoms with Crippen molar-refractivity contribution in [1.82, 2.24) is 10.2 Å². The molecular formula is C22H29IN4O3. The standard InChI is InChI=1S/C22H28N4O3.HI/c1-3-26(16-17-8-5-4-6-9-17)21(27)15-24-22(23-2)25-18-10-11-19-20(14-18)29-13-7-12-28-19;/h4-6,8-11,14H,3,7,12-13,15-16H2,1-2H3,(H2,23,24,25);1H. The van der Waals surface area contributed by atoms with Crippen LogP contribution in [0.25, 0.3) is 0 Å². The number of aliphatic imine (C=N–C) groups is 1. The Labute approximate surface area is 194 Å². The summed E-state index contributed by atoms with van der Waals surface area (Å²) in [5.74, 6) is 1.98. The number of likely N-dealkylation sites (N-methyl/N-ethyl adjacent to an activating group) is 1. The third-order valence-corrected chi connectivity index (χ3v) is 4.59. The molecule has 2 aromatic rings. The van der Waals surface area contributed by atoms with E-state index in [0.717, 1.165) is 23.4 Å². The van der Waals surface area contributed by atoms with Crippen molar-refractivity contribution in [2.24, 2.45) is 4.99 Å². The molecule has 2 aromatic carbocycles. The van der Waals surface area contributed by atoms with E-state index >= 15 is 0 Å². The Balaban J connectivity index is 0.00000320. The largest absolute Gasteiger partial charge is 0.490 e. The van der Waals surface area contributed by atoms with Crippen LogP contribution in [0.3, 0.4) is 0 Å². The van der Waals surface area contributed by atoms with Gasteiger partial charge in [0.2, 0.25) is 5.91 Å². The fourth-order valence-corrected chi connectivity index (χ4v) is 3.01. The first kappa shape index (κ1) is 23.8. The fourth-order valence-electron chi connectivity index (χ4n) is 3.01. The highest BCUT2D eigenvalue weighted by Gasteiger charge is 2.14. The van der Waals surface area contributed by atoms with Crippen molar-refractivity contribution in [2.45, 2.75) is 19.9 Å². The Morgan fingerprint density at radius 2 is 1.83 bits per heavy atom. The maximum Gasteiger partial charge on any atom is 0.242 e. The lowest BCUT2D eigenvalue weighted by atomic mass is 10.2. The maximum atomic E-state index is 12.6. The normalized spacial score (nSPS) is 12.9. The number of benzene rings is 2. The summed E-state index contributed by atoms with van der Waals surface area (Å²) in [6.07, 6.45) is 0.861. The molecule has 0 spiro atoms. The Hall–Kier alpha value is -2.49. The molecule has 0 saturated heterocycles. The highest BCUT2D eigenvalue weighted by atomic mass is 127. The van der Waals surface area contributed by atoms with Crippen LogP contribution in [0.4, 0.5) is 5.69 Å². The summed E-state index contributed by atoms with van der Waals surface area (Å²) in [5, 5.41) is 6.28. The number of carbonyl (C=O) groups excluding carboxylic acids is 1. The number of nitrogens with zero attached hydrogens (tertiary/aromatic N) is 2. The molecule has 0 radical (unpaired) electrons. The van der Waals surface area contributed by atoms with Crippen molar-refractivity contribution in [3.05, 3.63) is 54.1 Å². The zero-order valence-corrected chi connectivity index (χ0v) is 19.7. The number of rotatable bonds is 6. The molecule has 1 heterocycles. The number of ether oxygens (including phenoxy) is 2. The molecule has 162 valence electrons. The molecule has 0 fully saturated rings. The molecule has 0 aromatic heterocycles. The molecule has 0 bridgehead atoms. The van der Waals surface area contributed by atoms with Crippen LogP contribution in [0.5, 0.6) is 11.5 Å². The van der Waals surface area contributed by atoms with E-state index in [1.54, 1.807) is 7.05 Å². The first-order chi connectivity index (χ1) is 14.2. The van der Waals surface area contributed by atoms with E-state index in [9.17, 15) is 4.79 Å². The van der Waals surface area contributed by atoms with Gasteiger partial charge in [0.05, 0.1) is 19.8 Å². The summed E-state index contributed by atoms with van der Waals surface area (Å²) in [7, 11) is 1.67. The third-order valence-electron chi connectivity index (χ3n) is 4.59. The minimum Gasteiger partial charge on any atom is -0.490 e. The molecule has 0 saturated carbocycles. The summed E-state index contributed by atoms with van der Waals surface area (Å²) in [4.78, 5) is 18.6. The number of hydrogen-bond donors (Lipinski definition) is 2. The van der Waals surface area contributed by atoms with Gasteiger partial charge in [-0.3, -0.25) is 9.79 Å². The molecule has 30 heavy (non-hydrogen) atoms. The van der Waals surface area contributed by atoms with Crippen LogP contribution in [0.2, 0.25) is 0 Å². The average Bonchev–Trinajstić information content (AvgIpc) is 3.00. The van der Waals surface area contributed by atoms with Crippen molar-refractivity contribution in [3.63, 3.8) is 0 Å². The first-order valence-corrected chi connectivity index (χ1v) is 9.88. The van der Waals surface area contributed by atoms with E-state index < -0.39 is 0 Å². The maximum absolute atomic E-state index is 12.6. The Bertz CT molecular complexity index is 846. The highest BCUT2D eigenvalue weighted by molar-refractivity contribution is 14.0. The number of anilines is 1. The molecule has 1 amide bonds. The van der Waals surface area contributed by atoms with Gasteiger partial charge in [-0.15, -0.1) is 24.0 Å². The van der Waals surface area contributed by atoms with Crippen molar-refractivity contribution >= 4 is 41.5 Å². The smallest absolute Gasteiger partial charge is 0.242 e. The van der Waals surface area contributed by atoms with Crippen molar-refractivity contribution < 1.29 is 14.3 Å². The van der Waals surface area contributed by atoms with Gasteiger partial charge >= 0.3 is 0 Å². The van der Waals surface area contributed by atoms with Crippen LogP contribution in [0.15, 0.2) is 53.5 Å². The number of amides is 1. The van der Waals surface area contributed by atoms with Gasteiger partial charge in [0, 0.05) is 38.3 Å². The van der Waals surface area contributed by atoms with Gasteiger partial charge in [-0.1, -0.05) is 30.3 Å². The van der Waals surface area contributed by atoms with Crippen LogP contribution in [0.1, 0.15) is 18.9 Å². The zero-order valence-electron chi connectivity index (χ0n) is 17.4. The lowest BCUT2D eigenvalue weighted by Crippen LogP contribution is -2.41. The molecular weight excluding hydrogens is 495 g/mol. The molecule has 8 heteroatoms. The van der Waals surface area contributed by atoms with Crippen molar-refractivity contribution in [3.8, 4) is 11.5 Å². The average molecular weight is 524 g/mol. The predicted octanol–water partition coefficient (Wildman–Crippen LogP) is 3.50. The van der Waals surface area contributed by atoms with E-state index in [1.165, 1.54) is 0 Å². The van der Waals surface area contributed by atoms with Gasteiger partial charge in [-0.25, -0.2) is 0 Å². The van der Waals surface area contributed by atoms with Crippen LogP contribution in [0, 0.1) is 0 Å². The van der Waals surface area contributed by atoms with Crippen LogP contribution in [-0.4, -0.2) is 50.1 Å². The monoisotopic (exact) mass is 524 g/mol. The van der Waals surface area contributed by atoms with Gasteiger partial charge in [0.1, 0.15) is 0 Å². The molecule has 7 nitrogen and oxygen atoms in total. The number of carbonyl (C=O) groups is 1. The SMILES string of the molecule is CCN(Cc1ccccc1)C(=O)CNC(=NC)Nc1ccc2c(c1)OCCCO2.I. The summed E-state index contributed by atoms with van der Waals surface area (Å²) in [6.45, 7) is 4.65. The lowest BCUT2D eigenvalue weighted by Gasteiger charge is -2.22. The third kappa shape index (κ3) is 6.79. The zero-order chi connectivity index (χ0) is 20.5. The lowest BCUT2D eigenvalue weighted by molar-refractivity contribution is -0.130. The van der Waals surface area contributed by atoms with Crippen LogP contribution >= 0.6 is 24.0 Å². The van der Waals surface area contributed by atoms with Gasteiger partial charge in [-0.05, 0) is 24.6 Å². The molecule has 0 aliphatic carbocycles. The van der Waals surface area contributed by atoms with E-state index in [2.05, 4.69) is 15.6 Å². The van der Waals surface area contributed by atoms with Gasteiger partial charge in [-0.2, -0.15) is 0 Å². The summed E-state index contributed by atoms with van der Waals surface area (Å²) in [5.41, 5.74) is 1.92. The Morgan fingerprint density at radius 3 is 2.53 bits per heavy atom. The predicted molar refractivity (Wildman–Crippen MR) is 130 cm³/mol. The van der Waals surface area contributed by atoms with E-state index in [1.807, 2.05) is 60.4 Å². The molecule has 3 rings (SSSR count). The van der Waals surface area contributed by atoms with Crippen LogP contribution < -0.4 is 20.1 Å². The summed E-state index contributed by atoms with van der Waals surface area (Å²) in [6, 6.07) is 15.6. The molecule has 1 aliphatic heterocycles. The van der Waals surface area contributed by atoms with Gasteiger partial charge < -0.3 is 25.0 Å². The second-order valence-corrected chi connectivity index (χ2v) is 6.66. The number of halogens is 1. The number of hydrogen-bond acceptors (Lipinski definition) is 4. The second-order valence-electron chi connectivity index (χ2n) is 6.66. The minimum absolute atomic E-state index is 0. The second kappa shape index (κ2) is 12.3. The summed E-state index contributed by atoms with van der Waals surface area (Å²) < 4.78 is 11.4. The molecule has 2 N–H and O–H groups in total. The topological polar surface area (TPSA) is 75.2 Å². The van der Waals surface area contributed by atoms with Crippen molar-refractivity contribution in [2.75, 3.05) is 38.7 Å². The van der Waals surface area contributed by atoms with Gasteiger partial charge in [0.25, 0.3) is 0 Å². The number of fused-ring (bicyclic) bond motifs is 1. The van der Waals surface area contributed by atoms with E-state index in [0.29, 0.717) is 38.0 Å². The van der Waals surface area contributed by atoms with Crippen LogP contribution in [-0.2, 0) is 11.3 Å². The Morgan fingerprint density at radius 1 is 1.10 bits per heavy atom. The molecule has 0 unspecified atom stereocenters. The Kier molecular flexibility index (Phi) is 9.72. The summed E-state index contributed by atoms with van der Waals surface area (Å²) >= 11 is 0. The number of guanidine groups is 1. The fraction of sp³-hybridized carbons (Fsp3) is 0.364. The highest BCUT2D eigenvalue weighted by Crippen LogP contribution is 2.32. The van der Waals surface area contributed by atoms with E-state index in [-0.39, 0.29) is 36.4 Å². The van der Waals surface area contributed by atoms with Gasteiger partial charge in [0.15, 0.2) is 17.5 Å². The quantitative estimate of drug-likeness (QED) is 0.344. The minimum atomic E-state index is 0. The molecule has 0 atom stereocenters. The first-order valence-electron chi connectivity index (χ1n) is 9.88. The molecule has 1 aliphatic rings. The van der Waals surface area contributed by atoms with Crippen molar-refractivity contribution in [1.29, 1.82) is 0 Å².